The molecule has 1 aliphatic rings. The van der Waals surface area contributed by atoms with Crippen molar-refractivity contribution in [2.45, 2.75) is 25.3 Å². The number of nitro groups is 1. The lowest BCUT2D eigenvalue weighted by molar-refractivity contribution is -0.384. The normalized spacial score (nSPS) is 22.5. The maximum absolute atomic E-state index is 10.7. The van der Waals surface area contributed by atoms with Gasteiger partial charge in [-0.1, -0.05) is 6.42 Å². The smallest absolute Gasteiger partial charge is 0.270 e. The summed E-state index contributed by atoms with van der Waals surface area (Å²) in [6, 6.07) is 5.32. The standard InChI is InChI=1S/C13H18BrN3O2/c1-16(12-4-2-3-9(12)8-15)13-6-5-10(17(18)19)7-11(13)14/h5-7,9,12H,2-4,8,15H2,1H3. The van der Waals surface area contributed by atoms with Gasteiger partial charge < -0.3 is 10.6 Å². The zero-order chi connectivity index (χ0) is 14.0. The zero-order valence-electron chi connectivity index (χ0n) is 10.9. The number of benzene rings is 1. The number of non-ortho nitro benzene ring substituents is 1. The molecular weight excluding hydrogens is 310 g/mol. The van der Waals surface area contributed by atoms with Crippen molar-refractivity contribution in [1.82, 2.24) is 0 Å². The Labute approximate surface area is 121 Å². The number of nitro benzene ring substituents is 1. The summed E-state index contributed by atoms with van der Waals surface area (Å²) in [4.78, 5) is 12.6. The lowest BCUT2D eigenvalue weighted by Gasteiger charge is -2.31. The quantitative estimate of drug-likeness (QED) is 0.681. The zero-order valence-corrected chi connectivity index (χ0v) is 12.5. The van der Waals surface area contributed by atoms with E-state index >= 15 is 0 Å². The van der Waals surface area contributed by atoms with E-state index < -0.39 is 0 Å². The van der Waals surface area contributed by atoms with E-state index in [2.05, 4.69) is 20.8 Å². The van der Waals surface area contributed by atoms with Crippen molar-refractivity contribution in [2.75, 3.05) is 18.5 Å². The number of halogens is 1. The summed E-state index contributed by atoms with van der Waals surface area (Å²) >= 11 is 3.43. The van der Waals surface area contributed by atoms with Crippen LogP contribution in [0.2, 0.25) is 0 Å². The molecule has 1 aromatic rings. The molecule has 0 heterocycles. The first kappa shape index (κ1) is 14.3. The molecule has 0 saturated heterocycles. The molecule has 1 aliphatic carbocycles. The van der Waals surface area contributed by atoms with Crippen LogP contribution < -0.4 is 10.6 Å². The fourth-order valence-corrected chi connectivity index (χ4v) is 3.52. The van der Waals surface area contributed by atoms with Gasteiger partial charge in [0.1, 0.15) is 0 Å². The van der Waals surface area contributed by atoms with Gasteiger partial charge in [0, 0.05) is 29.7 Å². The Morgan fingerprint density at radius 2 is 2.26 bits per heavy atom. The molecule has 0 bridgehead atoms. The van der Waals surface area contributed by atoms with Crippen LogP contribution in [0, 0.1) is 16.0 Å². The van der Waals surface area contributed by atoms with Gasteiger partial charge in [0.15, 0.2) is 0 Å². The molecule has 6 heteroatoms. The van der Waals surface area contributed by atoms with Crippen LogP contribution in [0.3, 0.4) is 0 Å². The third-order valence-electron chi connectivity index (χ3n) is 3.94. The molecule has 0 spiro atoms. The highest BCUT2D eigenvalue weighted by atomic mass is 79.9. The summed E-state index contributed by atoms with van der Waals surface area (Å²) in [5.74, 6) is 0.507. The van der Waals surface area contributed by atoms with E-state index in [1.807, 2.05) is 7.05 Å². The average Bonchev–Trinajstić information content (AvgIpc) is 2.85. The fourth-order valence-electron chi connectivity index (χ4n) is 2.88. The summed E-state index contributed by atoms with van der Waals surface area (Å²) in [5.41, 5.74) is 6.90. The summed E-state index contributed by atoms with van der Waals surface area (Å²) in [6.45, 7) is 0.694. The molecule has 1 saturated carbocycles. The van der Waals surface area contributed by atoms with Crippen LogP contribution in [0.1, 0.15) is 19.3 Å². The van der Waals surface area contributed by atoms with Crippen LogP contribution >= 0.6 is 15.9 Å². The van der Waals surface area contributed by atoms with Crippen molar-refractivity contribution in [3.63, 3.8) is 0 Å². The van der Waals surface area contributed by atoms with Crippen LogP contribution in [0.15, 0.2) is 22.7 Å². The molecule has 2 rings (SSSR count). The number of anilines is 1. The highest BCUT2D eigenvalue weighted by Crippen LogP contribution is 2.36. The maximum Gasteiger partial charge on any atom is 0.270 e. The number of hydrogen-bond acceptors (Lipinski definition) is 4. The SMILES string of the molecule is CN(c1ccc([N+](=O)[O-])cc1Br)C1CCCC1CN. The summed E-state index contributed by atoms with van der Waals surface area (Å²) in [7, 11) is 2.03. The first-order valence-electron chi connectivity index (χ1n) is 6.41. The van der Waals surface area contributed by atoms with Crippen molar-refractivity contribution in [2.24, 2.45) is 11.7 Å². The van der Waals surface area contributed by atoms with Crippen molar-refractivity contribution in [1.29, 1.82) is 0 Å². The molecule has 0 aliphatic heterocycles. The maximum atomic E-state index is 10.7. The molecule has 1 fully saturated rings. The molecule has 2 atom stereocenters. The van der Waals surface area contributed by atoms with Gasteiger partial charge in [-0.3, -0.25) is 10.1 Å². The molecule has 5 nitrogen and oxygen atoms in total. The number of nitrogens with two attached hydrogens (primary N) is 1. The second-order valence-corrected chi connectivity index (χ2v) is 5.85. The number of hydrogen-bond donors (Lipinski definition) is 1. The van der Waals surface area contributed by atoms with Gasteiger partial charge in [0.2, 0.25) is 0 Å². The van der Waals surface area contributed by atoms with Crippen LogP contribution in [-0.2, 0) is 0 Å². The third kappa shape index (κ3) is 2.90. The highest BCUT2D eigenvalue weighted by molar-refractivity contribution is 9.10. The van der Waals surface area contributed by atoms with Crippen LogP contribution in [0.5, 0.6) is 0 Å². The van der Waals surface area contributed by atoms with Crippen LogP contribution in [-0.4, -0.2) is 24.6 Å². The first-order chi connectivity index (χ1) is 9.04. The Morgan fingerprint density at radius 1 is 1.53 bits per heavy atom. The van der Waals surface area contributed by atoms with E-state index in [0.717, 1.165) is 23.0 Å². The van der Waals surface area contributed by atoms with Gasteiger partial charge >= 0.3 is 0 Å². The number of rotatable bonds is 4. The van der Waals surface area contributed by atoms with Gasteiger partial charge in [0.05, 0.1) is 10.6 Å². The van der Waals surface area contributed by atoms with Crippen LogP contribution in [0.25, 0.3) is 0 Å². The number of nitrogens with zero attached hydrogens (tertiary/aromatic N) is 2. The topological polar surface area (TPSA) is 72.4 Å². The van der Waals surface area contributed by atoms with Crippen molar-refractivity contribution in [3.8, 4) is 0 Å². The molecule has 19 heavy (non-hydrogen) atoms. The molecule has 0 amide bonds. The summed E-state index contributed by atoms with van der Waals surface area (Å²) in [6.07, 6.45) is 3.49. The minimum atomic E-state index is -0.382. The molecule has 104 valence electrons. The molecule has 1 aromatic carbocycles. The summed E-state index contributed by atoms with van der Waals surface area (Å²) < 4.78 is 0.756. The Morgan fingerprint density at radius 3 is 2.84 bits per heavy atom. The van der Waals surface area contributed by atoms with Gasteiger partial charge in [-0.05, 0) is 47.3 Å². The first-order valence-corrected chi connectivity index (χ1v) is 7.20. The van der Waals surface area contributed by atoms with E-state index in [1.165, 1.54) is 6.42 Å². The Hall–Kier alpha value is -1.14. The van der Waals surface area contributed by atoms with E-state index in [4.69, 9.17) is 5.73 Å². The minimum Gasteiger partial charge on any atom is -0.370 e. The molecular formula is C13H18BrN3O2. The third-order valence-corrected chi connectivity index (χ3v) is 4.58. The summed E-state index contributed by atoms with van der Waals surface area (Å²) in [5, 5.41) is 10.7. The monoisotopic (exact) mass is 327 g/mol. The predicted molar refractivity (Wildman–Crippen MR) is 79.4 cm³/mol. The molecule has 0 radical (unpaired) electrons. The second kappa shape index (κ2) is 5.88. The van der Waals surface area contributed by atoms with Crippen molar-refractivity contribution >= 4 is 27.3 Å². The minimum absolute atomic E-state index is 0.103. The molecule has 0 aromatic heterocycles. The van der Waals surface area contributed by atoms with Crippen molar-refractivity contribution < 1.29 is 4.92 Å². The highest BCUT2D eigenvalue weighted by Gasteiger charge is 2.30. The molecule has 2 N–H and O–H groups in total. The van der Waals surface area contributed by atoms with Crippen molar-refractivity contribution in [3.05, 3.63) is 32.8 Å². The Balaban J connectivity index is 2.24. The Bertz CT molecular complexity index is 481. The second-order valence-electron chi connectivity index (χ2n) is 5.00. The molecule has 2 unspecified atom stereocenters. The lowest BCUT2D eigenvalue weighted by atomic mass is 10.0. The lowest BCUT2D eigenvalue weighted by Crippen LogP contribution is -2.37. The van der Waals surface area contributed by atoms with E-state index in [0.29, 0.717) is 18.5 Å². The van der Waals surface area contributed by atoms with E-state index in [-0.39, 0.29) is 10.6 Å². The van der Waals surface area contributed by atoms with Gasteiger partial charge in [-0.15, -0.1) is 0 Å². The van der Waals surface area contributed by atoms with Gasteiger partial charge in [-0.25, -0.2) is 0 Å². The largest absolute Gasteiger partial charge is 0.370 e. The van der Waals surface area contributed by atoms with E-state index in [1.54, 1.807) is 18.2 Å². The average molecular weight is 328 g/mol. The fraction of sp³-hybridized carbons (Fsp3) is 0.538. The Kier molecular flexibility index (Phi) is 4.42. The van der Waals surface area contributed by atoms with Gasteiger partial charge in [-0.2, -0.15) is 0 Å². The van der Waals surface area contributed by atoms with Gasteiger partial charge in [0.25, 0.3) is 5.69 Å². The predicted octanol–water partition coefficient (Wildman–Crippen LogP) is 2.92. The van der Waals surface area contributed by atoms with E-state index in [9.17, 15) is 10.1 Å². The van der Waals surface area contributed by atoms with Crippen LogP contribution in [0.4, 0.5) is 11.4 Å².